The lowest BCUT2D eigenvalue weighted by Gasteiger charge is -2.31. The highest BCUT2D eigenvalue weighted by Gasteiger charge is 2.49. The summed E-state index contributed by atoms with van der Waals surface area (Å²) in [5, 5.41) is 11.3. The van der Waals surface area contributed by atoms with Crippen molar-refractivity contribution in [2.75, 3.05) is 0 Å². The lowest BCUT2D eigenvalue weighted by Crippen LogP contribution is -2.37. The largest absolute Gasteiger partial charge is 0.507 e. The Morgan fingerprint density at radius 3 is 2.50 bits per heavy atom. The van der Waals surface area contributed by atoms with Crippen LogP contribution in [-0.2, 0) is 9.59 Å². The molecule has 1 heterocycles. The maximum atomic E-state index is 13.2. The van der Waals surface area contributed by atoms with E-state index in [2.05, 4.69) is 15.9 Å². The average molecular weight is 498 g/mol. The van der Waals surface area contributed by atoms with Gasteiger partial charge in [-0.2, -0.15) is 0 Å². The third kappa shape index (κ3) is 4.20. The van der Waals surface area contributed by atoms with Crippen molar-refractivity contribution in [2.45, 2.75) is 64.6 Å². The van der Waals surface area contributed by atoms with Crippen LogP contribution >= 0.6 is 15.9 Å². The first-order valence-electron chi connectivity index (χ1n) is 11.1. The van der Waals surface area contributed by atoms with Crippen molar-refractivity contribution >= 4 is 33.4 Å². The number of carbonyl (C=O) groups excluding carboxylic acids is 2. The van der Waals surface area contributed by atoms with Gasteiger partial charge in [-0.1, -0.05) is 47.0 Å². The molecule has 0 bridgehead atoms. The summed E-state index contributed by atoms with van der Waals surface area (Å²) < 4.78 is 6.78. The summed E-state index contributed by atoms with van der Waals surface area (Å²) >= 11 is 3.47. The second-order valence-electron chi connectivity index (χ2n) is 8.85. The molecule has 4 rings (SSSR count). The molecule has 0 spiro atoms. The molecule has 1 aliphatic carbocycles. The van der Waals surface area contributed by atoms with Crippen LogP contribution in [0.4, 0.5) is 0 Å². The molecule has 1 atom stereocenters. The lowest BCUT2D eigenvalue weighted by atomic mass is 9.94. The molecule has 1 N–H and O–H groups in total. The zero-order valence-electron chi connectivity index (χ0n) is 18.6. The molecule has 32 heavy (non-hydrogen) atoms. The summed E-state index contributed by atoms with van der Waals surface area (Å²) in [6.07, 6.45) is 3.79. The second kappa shape index (κ2) is 9.10. The van der Waals surface area contributed by atoms with E-state index in [4.69, 9.17) is 4.74 Å². The molecule has 2 aliphatic rings. The Kier molecular flexibility index (Phi) is 6.42. The standard InChI is InChI=1S/C26H28BrNO4/c1-15(2)32-20-10-6-7-17(14-20)23-22(24(29)18-11-12-21(27)16(3)13-18)25(30)26(31)28(23)19-8-4-5-9-19/h6-7,10-15,19,23,29H,4-5,8-9H2,1-3H3/b24-22-. The predicted molar refractivity (Wildman–Crippen MR) is 127 cm³/mol. The highest BCUT2D eigenvalue weighted by atomic mass is 79.9. The van der Waals surface area contributed by atoms with Crippen LogP contribution in [0.25, 0.3) is 5.76 Å². The number of nitrogens with zero attached hydrogens (tertiary/aromatic N) is 1. The van der Waals surface area contributed by atoms with Crippen molar-refractivity contribution in [2.24, 2.45) is 0 Å². The van der Waals surface area contributed by atoms with Gasteiger partial charge in [0.15, 0.2) is 0 Å². The number of amides is 1. The molecule has 168 valence electrons. The number of halogens is 1. The Morgan fingerprint density at radius 1 is 1.12 bits per heavy atom. The van der Waals surface area contributed by atoms with E-state index in [-0.39, 0.29) is 23.5 Å². The molecule has 2 aromatic rings. The highest BCUT2D eigenvalue weighted by molar-refractivity contribution is 9.10. The molecule has 6 heteroatoms. The van der Waals surface area contributed by atoms with Crippen molar-refractivity contribution < 1.29 is 19.4 Å². The van der Waals surface area contributed by atoms with E-state index >= 15 is 0 Å². The first kappa shape index (κ1) is 22.6. The smallest absolute Gasteiger partial charge is 0.295 e. The van der Waals surface area contributed by atoms with Gasteiger partial charge in [-0.25, -0.2) is 0 Å². The maximum absolute atomic E-state index is 13.2. The number of rotatable bonds is 5. The number of ketones is 1. The minimum atomic E-state index is -0.641. The molecule has 2 fully saturated rings. The summed E-state index contributed by atoms with van der Waals surface area (Å²) in [4.78, 5) is 28.1. The van der Waals surface area contributed by atoms with E-state index in [0.717, 1.165) is 41.3 Å². The van der Waals surface area contributed by atoms with Crippen LogP contribution < -0.4 is 4.74 Å². The topological polar surface area (TPSA) is 66.8 Å². The number of ether oxygens (including phenoxy) is 1. The van der Waals surface area contributed by atoms with Crippen LogP contribution in [0, 0.1) is 6.92 Å². The quantitative estimate of drug-likeness (QED) is 0.316. The first-order valence-corrected chi connectivity index (χ1v) is 11.9. The molecule has 2 aromatic carbocycles. The molecule has 0 radical (unpaired) electrons. The second-order valence-corrected chi connectivity index (χ2v) is 9.70. The number of hydrogen-bond donors (Lipinski definition) is 1. The Bertz CT molecular complexity index is 1080. The fourth-order valence-corrected chi connectivity index (χ4v) is 4.96. The molecule has 1 amide bonds. The Labute approximate surface area is 197 Å². The zero-order valence-corrected chi connectivity index (χ0v) is 20.2. The third-order valence-corrected chi connectivity index (χ3v) is 7.06. The minimum absolute atomic E-state index is 0.00261. The van der Waals surface area contributed by atoms with Gasteiger partial charge in [-0.3, -0.25) is 9.59 Å². The molecule has 0 aromatic heterocycles. The van der Waals surface area contributed by atoms with Crippen molar-refractivity contribution in [1.29, 1.82) is 0 Å². The fourth-order valence-electron chi connectivity index (χ4n) is 4.71. The first-order chi connectivity index (χ1) is 15.3. The lowest BCUT2D eigenvalue weighted by molar-refractivity contribution is -0.141. The zero-order chi connectivity index (χ0) is 23.0. The van der Waals surface area contributed by atoms with Crippen LogP contribution in [-0.4, -0.2) is 33.8 Å². The van der Waals surface area contributed by atoms with E-state index < -0.39 is 17.7 Å². The van der Waals surface area contributed by atoms with Crippen LogP contribution in [0.1, 0.15) is 62.3 Å². The summed E-state index contributed by atoms with van der Waals surface area (Å²) in [6.45, 7) is 5.82. The van der Waals surface area contributed by atoms with E-state index in [1.807, 2.05) is 57.2 Å². The highest BCUT2D eigenvalue weighted by Crippen LogP contribution is 2.44. The van der Waals surface area contributed by atoms with E-state index in [0.29, 0.717) is 11.3 Å². The van der Waals surface area contributed by atoms with Crippen molar-refractivity contribution in [1.82, 2.24) is 4.90 Å². The number of aryl methyl sites for hydroxylation is 1. The minimum Gasteiger partial charge on any atom is -0.507 e. The Hall–Kier alpha value is -2.60. The third-order valence-electron chi connectivity index (χ3n) is 6.18. The monoisotopic (exact) mass is 497 g/mol. The van der Waals surface area contributed by atoms with Crippen LogP contribution in [0.2, 0.25) is 0 Å². The molecule has 1 aliphatic heterocycles. The number of carbonyl (C=O) groups is 2. The SMILES string of the molecule is Cc1cc(/C(O)=C2/C(=O)C(=O)N(C3CCCC3)C2c2cccc(OC(C)C)c2)ccc1Br. The van der Waals surface area contributed by atoms with Gasteiger partial charge >= 0.3 is 0 Å². The summed E-state index contributed by atoms with van der Waals surface area (Å²) in [5.74, 6) is -0.628. The van der Waals surface area contributed by atoms with E-state index in [1.54, 1.807) is 11.0 Å². The van der Waals surface area contributed by atoms with Gasteiger partial charge in [0.1, 0.15) is 11.5 Å². The number of aliphatic hydroxyl groups excluding tert-OH is 1. The summed E-state index contributed by atoms with van der Waals surface area (Å²) in [5.41, 5.74) is 2.37. The van der Waals surface area contributed by atoms with Gasteiger partial charge in [0, 0.05) is 16.1 Å². The van der Waals surface area contributed by atoms with E-state index in [1.165, 1.54) is 0 Å². The van der Waals surface area contributed by atoms with E-state index in [9.17, 15) is 14.7 Å². The molecular weight excluding hydrogens is 470 g/mol. The molecule has 5 nitrogen and oxygen atoms in total. The normalized spacial score (nSPS) is 21.0. The number of benzene rings is 2. The Morgan fingerprint density at radius 2 is 1.84 bits per heavy atom. The van der Waals surface area contributed by atoms with Gasteiger partial charge in [0.25, 0.3) is 11.7 Å². The maximum Gasteiger partial charge on any atom is 0.295 e. The average Bonchev–Trinajstić information content (AvgIpc) is 3.36. The van der Waals surface area contributed by atoms with Crippen molar-refractivity contribution in [3.05, 3.63) is 69.2 Å². The number of aliphatic hydroxyl groups is 1. The predicted octanol–water partition coefficient (Wildman–Crippen LogP) is 5.91. The van der Waals surface area contributed by atoms with Gasteiger partial charge in [0.2, 0.25) is 0 Å². The van der Waals surface area contributed by atoms with Crippen LogP contribution in [0.3, 0.4) is 0 Å². The number of Topliss-reactive ketones (excluding diaryl/α,β-unsaturated/α-hetero) is 1. The fraction of sp³-hybridized carbons (Fsp3) is 0.385. The van der Waals surface area contributed by atoms with Gasteiger partial charge in [0.05, 0.1) is 17.7 Å². The van der Waals surface area contributed by atoms with Crippen LogP contribution in [0.5, 0.6) is 5.75 Å². The van der Waals surface area contributed by atoms with Crippen LogP contribution in [0.15, 0.2) is 52.5 Å². The van der Waals surface area contributed by atoms with Gasteiger partial charge in [-0.15, -0.1) is 0 Å². The van der Waals surface area contributed by atoms with Crippen molar-refractivity contribution in [3.8, 4) is 5.75 Å². The molecule has 1 unspecified atom stereocenters. The van der Waals surface area contributed by atoms with Crippen molar-refractivity contribution in [3.63, 3.8) is 0 Å². The Balaban J connectivity index is 1.88. The molecule has 1 saturated carbocycles. The number of hydrogen-bond acceptors (Lipinski definition) is 4. The van der Waals surface area contributed by atoms with Gasteiger partial charge < -0.3 is 14.7 Å². The number of likely N-dealkylation sites (tertiary alicyclic amines) is 1. The van der Waals surface area contributed by atoms with Gasteiger partial charge in [-0.05, 0) is 69.0 Å². The molecular formula is C26H28BrNO4. The summed E-state index contributed by atoms with van der Waals surface area (Å²) in [6, 6.07) is 12.3. The molecule has 1 saturated heterocycles. The summed E-state index contributed by atoms with van der Waals surface area (Å²) in [7, 11) is 0.